The second kappa shape index (κ2) is 4.91. The number of ether oxygens (including phenoxy) is 1. The summed E-state index contributed by atoms with van der Waals surface area (Å²) in [5.41, 5.74) is 2.16. The Bertz CT molecular complexity index is 603. The number of hydrogen-bond donors (Lipinski definition) is 1. The molecule has 0 aliphatic heterocycles. The first-order chi connectivity index (χ1) is 8.61. The van der Waals surface area contributed by atoms with Crippen LogP contribution in [-0.2, 0) is 7.05 Å². The average Bonchev–Trinajstić information content (AvgIpc) is 2.38. The molecular formula is C13H15N3O2. The van der Waals surface area contributed by atoms with Crippen molar-refractivity contribution in [3.8, 4) is 5.75 Å². The molecule has 94 valence electrons. The SMILES string of the molecule is COc1cnn(C)c(=O)c1Nc1ccc(C)cc1. The van der Waals surface area contributed by atoms with Gasteiger partial charge in [0.2, 0.25) is 0 Å². The molecule has 0 aliphatic rings. The van der Waals surface area contributed by atoms with Gasteiger partial charge in [-0.2, -0.15) is 5.10 Å². The van der Waals surface area contributed by atoms with Crippen molar-refractivity contribution in [2.75, 3.05) is 12.4 Å². The summed E-state index contributed by atoms with van der Waals surface area (Å²) in [6.45, 7) is 2.01. The lowest BCUT2D eigenvalue weighted by Crippen LogP contribution is -2.22. The van der Waals surface area contributed by atoms with Crippen LogP contribution in [0.2, 0.25) is 0 Å². The van der Waals surface area contributed by atoms with Crippen molar-refractivity contribution in [2.45, 2.75) is 6.92 Å². The second-order valence-electron chi connectivity index (χ2n) is 4.01. The van der Waals surface area contributed by atoms with Crippen molar-refractivity contribution in [3.05, 3.63) is 46.4 Å². The highest BCUT2D eigenvalue weighted by Crippen LogP contribution is 2.22. The fraction of sp³-hybridized carbons (Fsp3) is 0.231. The Morgan fingerprint density at radius 2 is 1.94 bits per heavy atom. The van der Waals surface area contributed by atoms with Gasteiger partial charge in [0, 0.05) is 12.7 Å². The lowest BCUT2D eigenvalue weighted by atomic mass is 10.2. The van der Waals surface area contributed by atoms with Gasteiger partial charge >= 0.3 is 0 Å². The van der Waals surface area contributed by atoms with Crippen LogP contribution in [0.25, 0.3) is 0 Å². The van der Waals surface area contributed by atoms with E-state index >= 15 is 0 Å². The molecule has 0 fully saturated rings. The van der Waals surface area contributed by atoms with Crippen molar-refractivity contribution in [1.29, 1.82) is 0 Å². The largest absolute Gasteiger partial charge is 0.493 e. The van der Waals surface area contributed by atoms with E-state index in [1.807, 2.05) is 31.2 Å². The van der Waals surface area contributed by atoms with Crippen LogP contribution >= 0.6 is 0 Å². The quantitative estimate of drug-likeness (QED) is 0.896. The smallest absolute Gasteiger partial charge is 0.294 e. The first kappa shape index (κ1) is 12.2. The van der Waals surface area contributed by atoms with Crippen LogP contribution in [0.3, 0.4) is 0 Å². The van der Waals surface area contributed by atoms with Gasteiger partial charge in [-0.15, -0.1) is 0 Å². The highest BCUT2D eigenvalue weighted by Gasteiger charge is 2.10. The van der Waals surface area contributed by atoms with E-state index in [0.29, 0.717) is 11.4 Å². The normalized spacial score (nSPS) is 10.2. The van der Waals surface area contributed by atoms with Gasteiger partial charge in [-0.3, -0.25) is 4.79 Å². The summed E-state index contributed by atoms with van der Waals surface area (Å²) in [6, 6.07) is 7.77. The van der Waals surface area contributed by atoms with E-state index in [0.717, 1.165) is 11.3 Å². The highest BCUT2D eigenvalue weighted by atomic mass is 16.5. The third kappa shape index (κ3) is 2.34. The Labute approximate surface area is 105 Å². The predicted octanol–water partition coefficient (Wildman–Crippen LogP) is 1.84. The summed E-state index contributed by atoms with van der Waals surface area (Å²) in [4.78, 5) is 12.0. The number of hydrogen-bond acceptors (Lipinski definition) is 4. The molecule has 1 aromatic heterocycles. The molecule has 18 heavy (non-hydrogen) atoms. The summed E-state index contributed by atoms with van der Waals surface area (Å²) in [7, 11) is 3.11. The summed E-state index contributed by atoms with van der Waals surface area (Å²) in [5, 5.41) is 6.97. The van der Waals surface area contributed by atoms with Crippen molar-refractivity contribution in [3.63, 3.8) is 0 Å². The van der Waals surface area contributed by atoms with Gasteiger partial charge in [0.25, 0.3) is 5.56 Å². The molecule has 1 N–H and O–H groups in total. The number of anilines is 2. The number of nitrogens with one attached hydrogen (secondary N) is 1. The maximum Gasteiger partial charge on any atom is 0.294 e. The van der Waals surface area contributed by atoms with Crippen LogP contribution in [0, 0.1) is 6.92 Å². The van der Waals surface area contributed by atoms with Crippen molar-refractivity contribution >= 4 is 11.4 Å². The van der Waals surface area contributed by atoms with E-state index in [1.165, 1.54) is 18.0 Å². The zero-order chi connectivity index (χ0) is 13.1. The minimum absolute atomic E-state index is 0.227. The molecule has 1 heterocycles. The molecule has 0 saturated carbocycles. The molecule has 1 aromatic carbocycles. The third-order valence-electron chi connectivity index (χ3n) is 2.64. The van der Waals surface area contributed by atoms with Gasteiger partial charge in [-0.25, -0.2) is 4.68 Å². The summed E-state index contributed by atoms with van der Waals surface area (Å²) in [6.07, 6.45) is 1.51. The van der Waals surface area contributed by atoms with Crippen LogP contribution in [-0.4, -0.2) is 16.9 Å². The van der Waals surface area contributed by atoms with Gasteiger partial charge in [0.05, 0.1) is 13.3 Å². The van der Waals surface area contributed by atoms with Gasteiger partial charge in [-0.1, -0.05) is 17.7 Å². The Kier molecular flexibility index (Phi) is 3.32. The fourth-order valence-electron chi connectivity index (χ4n) is 1.57. The van der Waals surface area contributed by atoms with Crippen molar-refractivity contribution in [2.24, 2.45) is 7.05 Å². The number of nitrogens with zero attached hydrogens (tertiary/aromatic N) is 2. The van der Waals surface area contributed by atoms with E-state index in [9.17, 15) is 4.79 Å². The van der Waals surface area contributed by atoms with Crippen molar-refractivity contribution < 1.29 is 4.74 Å². The van der Waals surface area contributed by atoms with E-state index in [1.54, 1.807) is 7.05 Å². The number of methoxy groups -OCH3 is 1. The molecule has 2 aromatic rings. The first-order valence-electron chi connectivity index (χ1n) is 5.56. The zero-order valence-corrected chi connectivity index (χ0v) is 10.6. The van der Waals surface area contributed by atoms with E-state index < -0.39 is 0 Å². The van der Waals surface area contributed by atoms with E-state index in [4.69, 9.17) is 4.74 Å². The minimum atomic E-state index is -0.227. The molecule has 0 aliphatic carbocycles. The first-order valence-corrected chi connectivity index (χ1v) is 5.56. The number of aryl methyl sites for hydroxylation is 2. The van der Waals surface area contributed by atoms with Gasteiger partial charge in [-0.05, 0) is 19.1 Å². The molecule has 0 saturated heterocycles. The van der Waals surface area contributed by atoms with Crippen molar-refractivity contribution in [1.82, 2.24) is 9.78 Å². The average molecular weight is 245 g/mol. The second-order valence-corrected chi connectivity index (χ2v) is 4.01. The van der Waals surface area contributed by atoms with Gasteiger partial charge < -0.3 is 10.1 Å². The summed E-state index contributed by atoms with van der Waals surface area (Å²) in [5.74, 6) is 0.429. The Morgan fingerprint density at radius 3 is 2.56 bits per heavy atom. The maximum absolute atomic E-state index is 12.0. The summed E-state index contributed by atoms with van der Waals surface area (Å²) < 4.78 is 6.40. The van der Waals surface area contributed by atoms with E-state index in [2.05, 4.69) is 10.4 Å². The number of aromatic nitrogens is 2. The number of rotatable bonds is 3. The monoisotopic (exact) mass is 245 g/mol. The molecule has 0 spiro atoms. The third-order valence-corrected chi connectivity index (χ3v) is 2.64. The molecular weight excluding hydrogens is 230 g/mol. The van der Waals surface area contributed by atoms with Crippen LogP contribution in [0.4, 0.5) is 11.4 Å². The molecule has 0 unspecified atom stereocenters. The standard InChI is InChI=1S/C13H15N3O2/c1-9-4-6-10(7-5-9)15-12-11(18-3)8-14-16(2)13(12)17/h4-8,15H,1-3H3. The Balaban J connectivity index is 2.42. The molecule has 5 heteroatoms. The molecule has 0 atom stereocenters. The molecule has 0 radical (unpaired) electrons. The lowest BCUT2D eigenvalue weighted by Gasteiger charge is -2.11. The predicted molar refractivity (Wildman–Crippen MR) is 70.5 cm³/mol. The minimum Gasteiger partial charge on any atom is -0.493 e. The molecule has 2 rings (SSSR count). The Hall–Kier alpha value is -2.30. The number of benzene rings is 1. The maximum atomic E-state index is 12.0. The lowest BCUT2D eigenvalue weighted by molar-refractivity contribution is 0.410. The van der Waals surface area contributed by atoms with Gasteiger partial charge in [0.1, 0.15) is 0 Å². The molecule has 5 nitrogen and oxygen atoms in total. The zero-order valence-electron chi connectivity index (χ0n) is 10.6. The fourth-order valence-corrected chi connectivity index (χ4v) is 1.57. The van der Waals surface area contributed by atoms with E-state index in [-0.39, 0.29) is 5.56 Å². The summed E-state index contributed by atoms with van der Waals surface area (Å²) >= 11 is 0. The van der Waals surface area contributed by atoms with Crippen LogP contribution in [0.1, 0.15) is 5.56 Å². The van der Waals surface area contributed by atoms with Crippen LogP contribution in [0.5, 0.6) is 5.75 Å². The molecule has 0 amide bonds. The topological polar surface area (TPSA) is 56.2 Å². The Morgan fingerprint density at radius 1 is 1.28 bits per heavy atom. The van der Waals surface area contributed by atoms with Crippen LogP contribution < -0.4 is 15.6 Å². The van der Waals surface area contributed by atoms with Crippen LogP contribution in [0.15, 0.2) is 35.3 Å². The molecule has 0 bridgehead atoms. The van der Waals surface area contributed by atoms with Gasteiger partial charge in [0.15, 0.2) is 11.4 Å². The highest BCUT2D eigenvalue weighted by molar-refractivity contribution is 5.64.